The van der Waals surface area contributed by atoms with Crippen molar-refractivity contribution in [2.45, 2.75) is 67.7 Å². The summed E-state index contributed by atoms with van der Waals surface area (Å²) in [5.41, 5.74) is 5.52. The fourth-order valence-corrected chi connectivity index (χ4v) is 12.6. The number of aldehydes is 1. The Balaban J connectivity index is 0.980. The number of aliphatic hydroxyl groups excluding tert-OH is 1. The van der Waals surface area contributed by atoms with E-state index in [1.54, 1.807) is 12.1 Å². The molecule has 4 aromatic carbocycles. The molecule has 76 heavy (non-hydrogen) atoms. The number of carboxylic acids is 1. The highest BCUT2D eigenvalue weighted by Crippen LogP contribution is 2.45. The zero-order valence-corrected chi connectivity index (χ0v) is 43.1. The standard InChI is InChI=1S/C57H60N4O13S2/c1-33(6-9-35-10-11-36(43-5-3-2-4-42(35)43)21-24-59-23-20-34-7-14-39(63)15-8-34)45-28-61-30-56(70)55(74-51(54(68)69)52(66)57(56,31-62)71-32-76-75-29-46(45)38-22-25-60-27-38)72-41-18-19-44-47(26-41)73-50(53(58)67)48(49(44)65)37-12-16-40(64)17-13-37/h2-5,7-19,22,25-27,31,33,36,45-46,51-52,55,59-61,63-64,66,70H,6,20-21,23-24,28-30,32H2,1H3,(H2,58,67)(H,68,69)/b35-9+/t33-,36-,45+,46-,51+,52-,55-,56+,57+/m1/s1. The van der Waals surface area contributed by atoms with Crippen molar-refractivity contribution < 1.29 is 58.5 Å². The first-order valence-corrected chi connectivity index (χ1v) is 27.5. The normalized spacial score (nSPS) is 25.9. The zero-order chi connectivity index (χ0) is 53.6. The van der Waals surface area contributed by atoms with Crippen molar-refractivity contribution in [1.29, 1.82) is 0 Å². The Hall–Kier alpha value is -6.68. The SMILES string of the molecule is C[C@H](C/C=C1\C=C[C@H](CCNCCc2ccc(O)cc2)c2ccccc21)[C@@H]1CNC[C@]2(O)[C@H](Oc3ccc4c(=O)c(-c5ccc(O)cc5)c(C(N)=O)oc4c3)O[C@H](C(=O)O)[C@@H](O)[C@]2(C=O)OCSSC[C@@H]1c1cc[nH]c1. The molecule has 1 amide bonds. The van der Waals surface area contributed by atoms with Crippen LogP contribution >= 0.6 is 21.6 Å². The molecule has 4 heterocycles. The second-order valence-corrected chi connectivity index (χ2v) is 21.9. The summed E-state index contributed by atoms with van der Waals surface area (Å²) in [6.45, 7) is 3.60. The van der Waals surface area contributed by atoms with Gasteiger partial charge in [0.1, 0.15) is 34.9 Å². The third-order valence-electron chi connectivity index (χ3n) is 14.8. The van der Waals surface area contributed by atoms with Crippen LogP contribution in [0.1, 0.15) is 64.4 Å². The highest BCUT2D eigenvalue weighted by atomic mass is 33.1. The number of carbonyl (C=O) groups excluding carboxylic acids is 2. The number of amides is 1. The van der Waals surface area contributed by atoms with Crippen LogP contribution < -0.4 is 26.5 Å². The number of aromatic nitrogens is 1. The highest BCUT2D eigenvalue weighted by molar-refractivity contribution is 8.76. The second kappa shape index (κ2) is 23.7. The fraction of sp³-hybridized carbons (Fsp3) is 0.333. The van der Waals surface area contributed by atoms with Crippen LogP contribution in [0.25, 0.3) is 27.7 Å². The maximum Gasteiger partial charge on any atom is 0.335 e. The number of fused-ring (bicyclic) bond motifs is 3. The van der Waals surface area contributed by atoms with E-state index in [1.165, 1.54) is 75.2 Å². The van der Waals surface area contributed by atoms with E-state index >= 15 is 0 Å². The van der Waals surface area contributed by atoms with Gasteiger partial charge in [0.25, 0.3) is 5.91 Å². The van der Waals surface area contributed by atoms with Crippen LogP contribution in [0.15, 0.2) is 137 Å². The van der Waals surface area contributed by atoms with E-state index in [1.807, 2.05) is 30.6 Å². The van der Waals surface area contributed by atoms with E-state index in [0.29, 0.717) is 12.2 Å². The van der Waals surface area contributed by atoms with Crippen LogP contribution in [0.4, 0.5) is 0 Å². The van der Waals surface area contributed by atoms with Crippen molar-refractivity contribution in [1.82, 2.24) is 15.6 Å². The number of carbonyl (C=O) groups is 3. The van der Waals surface area contributed by atoms with Crippen LogP contribution in [-0.4, -0.2) is 116 Å². The topological polar surface area (TPSA) is 276 Å². The summed E-state index contributed by atoms with van der Waals surface area (Å²) in [6, 6.07) is 27.2. The lowest BCUT2D eigenvalue weighted by molar-refractivity contribution is -0.340. The Morgan fingerprint density at radius 2 is 1.76 bits per heavy atom. The monoisotopic (exact) mass is 1070 g/mol. The summed E-state index contributed by atoms with van der Waals surface area (Å²) in [5, 5.41) is 61.6. The van der Waals surface area contributed by atoms with E-state index in [4.69, 9.17) is 24.4 Å². The number of H-pyrrole nitrogens is 1. The number of aliphatic hydroxyl groups is 2. The van der Waals surface area contributed by atoms with Crippen molar-refractivity contribution in [2.75, 3.05) is 37.9 Å². The van der Waals surface area contributed by atoms with Gasteiger partial charge in [0, 0.05) is 36.7 Å². The number of allylic oxidation sites excluding steroid dienone is 4. The molecule has 9 rings (SSSR count). The van der Waals surface area contributed by atoms with Crippen LogP contribution in [0.5, 0.6) is 17.2 Å². The molecule has 9 atom stereocenters. The number of aliphatic carboxylic acids is 1. The van der Waals surface area contributed by atoms with Crippen molar-refractivity contribution in [3.63, 3.8) is 0 Å². The molecule has 6 aromatic rings. The van der Waals surface area contributed by atoms with Gasteiger partial charge in [0.15, 0.2) is 23.6 Å². The van der Waals surface area contributed by atoms with Gasteiger partial charge in [-0.05, 0) is 133 Å². The fourth-order valence-electron chi connectivity index (χ4n) is 10.5. The molecule has 2 fully saturated rings. The third kappa shape index (κ3) is 11.2. The zero-order valence-electron chi connectivity index (χ0n) is 41.5. The average molecular weight is 1070 g/mol. The van der Waals surface area contributed by atoms with E-state index in [2.05, 4.69) is 65.0 Å². The Kier molecular flexibility index (Phi) is 16.9. The number of phenols is 2. The maximum atomic E-state index is 13.9. The van der Waals surface area contributed by atoms with Crippen LogP contribution in [-0.2, 0) is 25.5 Å². The molecule has 398 valence electrons. The molecule has 0 unspecified atom stereocenters. The molecule has 2 aromatic heterocycles. The van der Waals surface area contributed by atoms with Gasteiger partial charge in [0.2, 0.25) is 17.5 Å². The number of aromatic amines is 1. The van der Waals surface area contributed by atoms with E-state index < -0.39 is 59.3 Å². The molecule has 17 nitrogen and oxygen atoms in total. The Bertz CT molecular complexity index is 3150. The smallest absolute Gasteiger partial charge is 0.335 e. The summed E-state index contributed by atoms with van der Waals surface area (Å²) in [7, 11) is 2.71. The molecule has 0 radical (unpaired) electrons. The number of rotatable bonds is 16. The predicted molar refractivity (Wildman–Crippen MR) is 290 cm³/mol. The number of hydrogen-bond donors (Lipinski definition) is 9. The molecule has 0 bridgehead atoms. The lowest BCUT2D eigenvalue weighted by Crippen LogP contribution is -2.80. The molecule has 10 N–H and O–H groups in total. The molecular weight excluding hydrogens is 1010 g/mol. The summed E-state index contributed by atoms with van der Waals surface area (Å²) in [5.74, 6) is -2.70. The van der Waals surface area contributed by atoms with Crippen LogP contribution in [0.3, 0.4) is 0 Å². The Morgan fingerprint density at radius 3 is 2.49 bits per heavy atom. The van der Waals surface area contributed by atoms with Gasteiger partial charge >= 0.3 is 5.97 Å². The summed E-state index contributed by atoms with van der Waals surface area (Å²) in [6.07, 6.45) is 6.87. The van der Waals surface area contributed by atoms with Crippen molar-refractivity contribution in [3.8, 4) is 28.4 Å². The highest BCUT2D eigenvalue weighted by Gasteiger charge is 2.69. The van der Waals surface area contributed by atoms with Crippen LogP contribution in [0, 0.1) is 11.8 Å². The van der Waals surface area contributed by atoms with Crippen molar-refractivity contribution in [2.24, 2.45) is 17.6 Å². The lowest BCUT2D eigenvalue weighted by atomic mass is 9.73. The van der Waals surface area contributed by atoms with Gasteiger partial charge in [-0.25, -0.2) is 4.79 Å². The number of hydrogen-bond acceptors (Lipinski definition) is 16. The van der Waals surface area contributed by atoms with Gasteiger partial charge in [-0.2, -0.15) is 0 Å². The molecule has 2 aliphatic heterocycles. The third-order valence-corrected chi connectivity index (χ3v) is 16.8. The van der Waals surface area contributed by atoms with Gasteiger partial charge in [-0.1, -0.05) is 95.3 Å². The first-order valence-electron chi connectivity index (χ1n) is 25.0. The Morgan fingerprint density at radius 1 is 1.00 bits per heavy atom. The predicted octanol–water partition coefficient (Wildman–Crippen LogP) is 6.86. The van der Waals surface area contributed by atoms with E-state index in [9.17, 15) is 44.7 Å². The number of β-amino-alcohol motifs (C(OH)–C–C–N with tert-alkyl or cyclic N) is 1. The number of primary amides is 1. The number of nitrogens with two attached hydrogens (primary N) is 1. The number of carboxylic acid groups (broad SMARTS) is 1. The quantitative estimate of drug-likeness (QED) is 0.0272. The maximum absolute atomic E-state index is 13.9. The van der Waals surface area contributed by atoms with Gasteiger partial charge in [-0.15, -0.1) is 0 Å². The van der Waals surface area contributed by atoms with Crippen LogP contribution in [0.2, 0.25) is 0 Å². The number of ether oxygens (including phenoxy) is 3. The second-order valence-electron chi connectivity index (χ2n) is 19.4. The molecule has 3 aliphatic rings. The molecule has 0 spiro atoms. The molecule has 19 heteroatoms. The number of nitrogens with one attached hydrogen (secondary N) is 3. The molecule has 2 saturated heterocycles. The molecule has 1 aliphatic carbocycles. The van der Waals surface area contributed by atoms with Gasteiger partial charge in [0.05, 0.1) is 10.9 Å². The van der Waals surface area contributed by atoms with Crippen molar-refractivity contribution >= 4 is 56.3 Å². The summed E-state index contributed by atoms with van der Waals surface area (Å²) < 4.78 is 24.2. The lowest BCUT2D eigenvalue weighted by Gasteiger charge is -2.53. The molecule has 0 saturated carbocycles. The summed E-state index contributed by atoms with van der Waals surface area (Å²) >= 11 is 0. The van der Waals surface area contributed by atoms with Crippen molar-refractivity contribution in [3.05, 3.63) is 166 Å². The Labute approximate surface area is 445 Å². The number of phenolic OH excluding ortho intramolecular Hbond substituents is 2. The minimum absolute atomic E-state index is 0.00112. The minimum atomic E-state index is -2.63. The van der Waals surface area contributed by atoms with E-state index in [-0.39, 0.29) is 81.8 Å². The minimum Gasteiger partial charge on any atom is -0.508 e. The summed E-state index contributed by atoms with van der Waals surface area (Å²) in [4.78, 5) is 56.1. The first-order chi connectivity index (χ1) is 36.7. The van der Waals surface area contributed by atoms with E-state index in [0.717, 1.165) is 42.6 Å². The first kappa shape index (κ1) is 54.1. The number of aromatic hydroxyl groups is 2. The average Bonchev–Trinajstić information content (AvgIpc) is 4.00. The number of benzene rings is 4. The largest absolute Gasteiger partial charge is 0.508 e. The van der Waals surface area contributed by atoms with Gasteiger partial charge < -0.3 is 65.5 Å². The molecular formula is C57H60N4O13S2. The van der Waals surface area contributed by atoms with Gasteiger partial charge in [-0.3, -0.25) is 14.4 Å².